The molecule has 17 heavy (non-hydrogen) atoms. The molecule has 0 saturated heterocycles. The van der Waals surface area contributed by atoms with Gasteiger partial charge >= 0.3 is 0 Å². The van der Waals surface area contributed by atoms with Gasteiger partial charge in [-0.05, 0) is 43.4 Å². The summed E-state index contributed by atoms with van der Waals surface area (Å²) < 4.78 is 0. The molecule has 3 nitrogen and oxygen atoms in total. The van der Waals surface area contributed by atoms with E-state index in [0.29, 0.717) is 5.92 Å². The summed E-state index contributed by atoms with van der Waals surface area (Å²) in [7, 11) is 0. The Balaban J connectivity index is 1.74. The minimum absolute atomic E-state index is 0.0858. The van der Waals surface area contributed by atoms with Gasteiger partial charge in [-0.2, -0.15) is 0 Å². The molecule has 0 spiro atoms. The van der Waals surface area contributed by atoms with Crippen LogP contribution in [0.1, 0.15) is 31.2 Å². The van der Waals surface area contributed by atoms with Crippen molar-refractivity contribution in [2.24, 2.45) is 5.92 Å². The molecule has 1 aliphatic carbocycles. The monoisotopic (exact) mass is 234 g/mol. The largest absolute Gasteiger partial charge is 0.398 e. The molecule has 0 heterocycles. The van der Waals surface area contributed by atoms with E-state index >= 15 is 0 Å². The van der Waals surface area contributed by atoms with Gasteiger partial charge in [-0.1, -0.05) is 24.6 Å². The van der Waals surface area contributed by atoms with Gasteiger partial charge in [0.05, 0.1) is 6.10 Å². The maximum Gasteiger partial charge on any atom is 0.0543 e. The fraction of sp³-hybridized carbons (Fsp3) is 0.571. The van der Waals surface area contributed by atoms with E-state index in [1.54, 1.807) is 0 Å². The summed E-state index contributed by atoms with van der Waals surface area (Å²) in [6.07, 6.45) is 4.21. The van der Waals surface area contributed by atoms with Crippen molar-refractivity contribution >= 4 is 5.69 Å². The molecule has 94 valence electrons. The second kappa shape index (κ2) is 6.03. The lowest BCUT2D eigenvalue weighted by atomic mass is 9.87. The maximum absolute atomic E-state index is 9.59. The van der Waals surface area contributed by atoms with E-state index < -0.39 is 0 Å². The molecule has 3 heteroatoms. The van der Waals surface area contributed by atoms with Crippen LogP contribution >= 0.6 is 0 Å². The predicted octanol–water partition coefficient (Wildman–Crippen LogP) is 1.91. The van der Waals surface area contributed by atoms with E-state index in [0.717, 1.165) is 43.6 Å². The first-order valence-corrected chi connectivity index (χ1v) is 6.48. The topological polar surface area (TPSA) is 58.3 Å². The predicted molar refractivity (Wildman–Crippen MR) is 70.5 cm³/mol. The van der Waals surface area contributed by atoms with Gasteiger partial charge in [0.15, 0.2) is 0 Å². The molecule has 0 bridgehead atoms. The van der Waals surface area contributed by atoms with E-state index in [-0.39, 0.29) is 6.10 Å². The van der Waals surface area contributed by atoms with E-state index in [1.807, 2.05) is 18.2 Å². The standard InChI is InChI=1S/C14H22N2O/c15-14-7-2-1-5-12(14)10-16-9-11-4-3-6-13(17)8-11/h1-2,5,7,11,13,16-17H,3-4,6,8-10,15H2. The van der Waals surface area contributed by atoms with E-state index in [1.165, 1.54) is 6.42 Å². The molecule has 1 saturated carbocycles. The van der Waals surface area contributed by atoms with Gasteiger partial charge in [0.1, 0.15) is 0 Å². The molecule has 2 rings (SSSR count). The second-order valence-electron chi connectivity index (χ2n) is 5.02. The third-order valence-corrected chi connectivity index (χ3v) is 3.56. The minimum atomic E-state index is -0.0858. The van der Waals surface area contributed by atoms with Gasteiger partial charge in [0.2, 0.25) is 0 Å². The fourth-order valence-corrected chi connectivity index (χ4v) is 2.55. The molecule has 0 amide bonds. The van der Waals surface area contributed by atoms with Crippen LogP contribution in [0.15, 0.2) is 24.3 Å². The lowest BCUT2D eigenvalue weighted by Gasteiger charge is -2.26. The molecule has 4 N–H and O–H groups in total. The van der Waals surface area contributed by atoms with Crippen molar-refractivity contribution in [2.75, 3.05) is 12.3 Å². The average Bonchev–Trinajstić information content (AvgIpc) is 2.32. The first-order valence-electron chi connectivity index (χ1n) is 6.48. The lowest BCUT2D eigenvalue weighted by Crippen LogP contribution is -2.29. The SMILES string of the molecule is Nc1ccccc1CNCC1CCCC(O)C1. The zero-order valence-corrected chi connectivity index (χ0v) is 10.2. The Morgan fingerprint density at radius 2 is 2.12 bits per heavy atom. The van der Waals surface area contributed by atoms with Crippen LogP contribution in [-0.4, -0.2) is 17.8 Å². The van der Waals surface area contributed by atoms with Crippen LogP contribution in [0.5, 0.6) is 0 Å². The minimum Gasteiger partial charge on any atom is -0.398 e. The highest BCUT2D eigenvalue weighted by molar-refractivity contribution is 5.46. The number of aliphatic hydroxyl groups excluding tert-OH is 1. The summed E-state index contributed by atoms with van der Waals surface area (Å²) in [4.78, 5) is 0. The van der Waals surface area contributed by atoms with Crippen molar-refractivity contribution < 1.29 is 5.11 Å². The van der Waals surface area contributed by atoms with Crippen LogP contribution < -0.4 is 11.1 Å². The van der Waals surface area contributed by atoms with Gasteiger partial charge in [-0.25, -0.2) is 0 Å². The Hall–Kier alpha value is -1.06. The van der Waals surface area contributed by atoms with E-state index in [9.17, 15) is 5.11 Å². The van der Waals surface area contributed by atoms with Gasteiger partial charge < -0.3 is 16.2 Å². The number of hydrogen-bond donors (Lipinski definition) is 3. The number of nitrogens with one attached hydrogen (secondary N) is 1. The molecule has 2 atom stereocenters. The third-order valence-electron chi connectivity index (χ3n) is 3.56. The van der Waals surface area contributed by atoms with E-state index in [2.05, 4.69) is 11.4 Å². The summed E-state index contributed by atoms with van der Waals surface area (Å²) in [6.45, 7) is 1.80. The highest BCUT2D eigenvalue weighted by Gasteiger charge is 2.19. The van der Waals surface area contributed by atoms with Crippen LogP contribution in [0.4, 0.5) is 5.69 Å². The van der Waals surface area contributed by atoms with Crippen LogP contribution in [0.25, 0.3) is 0 Å². The molecule has 2 unspecified atom stereocenters. The highest BCUT2D eigenvalue weighted by Crippen LogP contribution is 2.23. The summed E-state index contributed by atoms with van der Waals surface area (Å²) in [5, 5.41) is 13.0. The Kier molecular flexibility index (Phi) is 4.40. The summed E-state index contributed by atoms with van der Waals surface area (Å²) in [6, 6.07) is 7.95. The van der Waals surface area contributed by atoms with Crippen LogP contribution in [-0.2, 0) is 6.54 Å². The van der Waals surface area contributed by atoms with Crippen LogP contribution in [0, 0.1) is 5.92 Å². The lowest BCUT2D eigenvalue weighted by molar-refractivity contribution is 0.101. The number of nitrogens with two attached hydrogens (primary N) is 1. The molecule has 0 aromatic heterocycles. The van der Waals surface area contributed by atoms with Crippen molar-refractivity contribution in [1.29, 1.82) is 0 Å². The fourth-order valence-electron chi connectivity index (χ4n) is 2.55. The Bertz CT molecular complexity index is 354. The maximum atomic E-state index is 9.59. The van der Waals surface area contributed by atoms with Crippen molar-refractivity contribution in [3.63, 3.8) is 0 Å². The molecular formula is C14H22N2O. The first kappa shape index (κ1) is 12.4. The summed E-state index contributed by atoms with van der Waals surface area (Å²) >= 11 is 0. The normalized spacial score (nSPS) is 24.8. The number of aliphatic hydroxyl groups is 1. The Labute approximate surface area is 103 Å². The van der Waals surface area contributed by atoms with Gasteiger partial charge in [0.25, 0.3) is 0 Å². The van der Waals surface area contributed by atoms with Crippen molar-refractivity contribution in [2.45, 2.75) is 38.3 Å². The number of para-hydroxylation sites is 1. The summed E-state index contributed by atoms with van der Waals surface area (Å²) in [5.74, 6) is 0.615. The number of benzene rings is 1. The molecule has 1 aromatic carbocycles. The Morgan fingerprint density at radius 3 is 2.88 bits per heavy atom. The zero-order chi connectivity index (χ0) is 12.1. The van der Waals surface area contributed by atoms with Crippen molar-refractivity contribution in [1.82, 2.24) is 5.32 Å². The molecule has 1 aromatic rings. The number of anilines is 1. The number of rotatable bonds is 4. The van der Waals surface area contributed by atoms with Gasteiger partial charge in [-0.15, -0.1) is 0 Å². The van der Waals surface area contributed by atoms with Gasteiger partial charge in [-0.3, -0.25) is 0 Å². The summed E-state index contributed by atoms with van der Waals surface area (Å²) in [5.41, 5.74) is 7.89. The van der Waals surface area contributed by atoms with Crippen molar-refractivity contribution in [3.8, 4) is 0 Å². The van der Waals surface area contributed by atoms with Gasteiger partial charge in [0, 0.05) is 12.2 Å². The first-order chi connectivity index (χ1) is 8.25. The molecule has 1 fully saturated rings. The third kappa shape index (κ3) is 3.72. The Morgan fingerprint density at radius 1 is 1.29 bits per heavy atom. The van der Waals surface area contributed by atoms with E-state index in [4.69, 9.17) is 5.73 Å². The smallest absolute Gasteiger partial charge is 0.0543 e. The number of hydrogen-bond acceptors (Lipinski definition) is 3. The molecule has 0 aliphatic heterocycles. The van der Waals surface area contributed by atoms with Crippen molar-refractivity contribution in [3.05, 3.63) is 29.8 Å². The second-order valence-corrected chi connectivity index (χ2v) is 5.02. The van der Waals surface area contributed by atoms with Crippen LogP contribution in [0.2, 0.25) is 0 Å². The highest BCUT2D eigenvalue weighted by atomic mass is 16.3. The average molecular weight is 234 g/mol. The molecular weight excluding hydrogens is 212 g/mol. The quantitative estimate of drug-likeness (QED) is 0.697. The van der Waals surface area contributed by atoms with Crippen LogP contribution in [0.3, 0.4) is 0 Å². The molecule has 1 aliphatic rings. The molecule has 0 radical (unpaired) electrons. The number of nitrogen functional groups attached to an aromatic ring is 1. The zero-order valence-electron chi connectivity index (χ0n) is 10.2.